The van der Waals surface area contributed by atoms with E-state index in [-0.39, 0.29) is 6.04 Å². The van der Waals surface area contributed by atoms with Crippen molar-refractivity contribution >= 4 is 0 Å². The van der Waals surface area contributed by atoms with Gasteiger partial charge in [-0.25, -0.2) is 0 Å². The quantitative estimate of drug-likeness (QED) is 0.793. The highest BCUT2D eigenvalue weighted by molar-refractivity contribution is 5.15. The summed E-state index contributed by atoms with van der Waals surface area (Å²) in [6.45, 7) is 0.623. The molecule has 20 heavy (non-hydrogen) atoms. The molecule has 0 radical (unpaired) electrons. The average molecular weight is 275 g/mol. The summed E-state index contributed by atoms with van der Waals surface area (Å²) in [6.07, 6.45) is 2.40. The molecule has 5 nitrogen and oxygen atoms in total. The second-order valence-electron chi connectivity index (χ2n) is 4.74. The molecule has 1 aromatic heterocycles. The Morgan fingerprint density at radius 2 is 2.05 bits per heavy atom. The fourth-order valence-electron chi connectivity index (χ4n) is 2.03. The molecular formula is C15H21N3O2. The van der Waals surface area contributed by atoms with Crippen molar-refractivity contribution in [3.05, 3.63) is 47.6 Å². The molecule has 0 spiro atoms. The van der Waals surface area contributed by atoms with Crippen LogP contribution in [-0.2, 0) is 24.0 Å². The number of benzene rings is 1. The maximum Gasteiger partial charge on any atom is 0.228 e. The van der Waals surface area contributed by atoms with E-state index in [0.29, 0.717) is 18.9 Å². The molecule has 2 aromatic rings. The Morgan fingerprint density at radius 3 is 2.75 bits per heavy atom. The Morgan fingerprint density at radius 1 is 1.25 bits per heavy atom. The molecule has 1 unspecified atom stereocenters. The van der Waals surface area contributed by atoms with Gasteiger partial charge >= 0.3 is 0 Å². The normalized spacial score (nSPS) is 12.5. The fraction of sp³-hybridized carbons (Fsp3) is 0.467. The first-order valence-electron chi connectivity index (χ1n) is 6.83. The third-order valence-corrected chi connectivity index (χ3v) is 3.19. The number of ether oxygens (including phenoxy) is 1. The van der Waals surface area contributed by atoms with Gasteiger partial charge in [-0.3, -0.25) is 0 Å². The Bertz CT molecular complexity index is 499. The van der Waals surface area contributed by atoms with Crippen molar-refractivity contribution in [3.8, 4) is 0 Å². The smallest absolute Gasteiger partial charge is 0.228 e. The maximum atomic E-state index is 5.28. The summed E-state index contributed by atoms with van der Waals surface area (Å²) in [5, 5.41) is 7.19. The number of likely N-dealkylation sites (N-methyl/N-ethyl adjacent to an activating group) is 1. The largest absolute Gasteiger partial charge is 0.383 e. The highest BCUT2D eigenvalue weighted by Gasteiger charge is 2.13. The van der Waals surface area contributed by atoms with E-state index in [1.807, 2.05) is 25.2 Å². The summed E-state index contributed by atoms with van der Waals surface area (Å²) in [6, 6.07) is 10.5. The summed E-state index contributed by atoms with van der Waals surface area (Å²) < 4.78 is 10.4. The summed E-state index contributed by atoms with van der Waals surface area (Å²) in [4.78, 5) is 4.42. The van der Waals surface area contributed by atoms with Crippen molar-refractivity contribution in [2.45, 2.75) is 25.3 Å². The van der Waals surface area contributed by atoms with Crippen LogP contribution in [0.1, 0.15) is 17.3 Å². The molecule has 0 aliphatic heterocycles. The van der Waals surface area contributed by atoms with E-state index in [1.165, 1.54) is 5.56 Å². The van der Waals surface area contributed by atoms with Crippen LogP contribution in [0.5, 0.6) is 0 Å². The topological polar surface area (TPSA) is 60.2 Å². The molecule has 1 aromatic carbocycles. The van der Waals surface area contributed by atoms with Crippen LogP contribution < -0.4 is 5.32 Å². The van der Waals surface area contributed by atoms with Gasteiger partial charge in [-0.1, -0.05) is 35.5 Å². The van der Waals surface area contributed by atoms with E-state index in [2.05, 4.69) is 27.6 Å². The first-order valence-corrected chi connectivity index (χ1v) is 6.83. The van der Waals surface area contributed by atoms with Crippen molar-refractivity contribution in [1.29, 1.82) is 0 Å². The van der Waals surface area contributed by atoms with Crippen molar-refractivity contribution in [1.82, 2.24) is 15.5 Å². The summed E-state index contributed by atoms with van der Waals surface area (Å²) in [5.41, 5.74) is 1.28. The van der Waals surface area contributed by atoms with E-state index >= 15 is 0 Å². The number of methoxy groups -OCH3 is 1. The van der Waals surface area contributed by atoms with Crippen LogP contribution in [-0.4, -0.2) is 36.9 Å². The van der Waals surface area contributed by atoms with E-state index in [1.54, 1.807) is 7.11 Å². The molecule has 1 N–H and O–H groups in total. The molecule has 0 aliphatic rings. The molecule has 1 heterocycles. The molecule has 5 heteroatoms. The van der Waals surface area contributed by atoms with Gasteiger partial charge < -0.3 is 14.6 Å². The lowest BCUT2D eigenvalue weighted by Crippen LogP contribution is -2.32. The zero-order valence-corrected chi connectivity index (χ0v) is 12.0. The van der Waals surface area contributed by atoms with E-state index in [0.717, 1.165) is 18.7 Å². The molecule has 0 saturated carbocycles. The SMILES string of the molecule is CNC(COC)Cc1nc(CCc2ccccc2)no1. The Labute approximate surface area is 119 Å². The lowest BCUT2D eigenvalue weighted by molar-refractivity contribution is 0.165. The summed E-state index contributed by atoms with van der Waals surface area (Å²) in [7, 11) is 3.58. The monoisotopic (exact) mass is 275 g/mol. The van der Waals surface area contributed by atoms with Crippen molar-refractivity contribution < 1.29 is 9.26 Å². The van der Waals surface area contributed by atoms with E-state index in [4.69, 9.17) is 9.26 Å². The van der Waals surface area contributed by atoms with Gasteiger partial charge in [-0.2, -0.15) is 4.98 Å². The average Bonchev–Trinajstić information content (AvgIpc) is 2.93. The zero-order chi connectivity index (χ0) is 14.2. The number of nitrogens with zero attached hydrogens (tertiary/aromatic N) is 2. The maximum absolute atomic E-state index is 5.28. The molecular weight excluding hydrogens is 254 g/mol. The van der Waals surface area contributed by atoms with Gasteiger partial charge in [0.1, 0.15) is 0 Å². The van der Waals surface area contributed by atoms with Crippen LogP contribution in [0.2, 0.25) is 0 Å². The van der Waals surface area contributed by atoms with Gasteiger partial charge in [0.15, 0.2) is 5.82 Å². The first kappa shape index (κ1) is 14.7. The van der Waals surface area contributed by atoms with Crippen LogP contribution >= 0.6 is 0 Å². The standard InChI is InChI=1S/C15H21N3O2/c1-16-13(11-19-2)10-15-17-14(18-20-15)9-8-12-6-4-3-5-7-12/h3-7,13,16H,8-11H2,1-2H3. The molecule has 0 bridgehead atoms. The van der Waals surface area contributed by atoms with Gasteiger partial charge in [-0.05, 0) is 19.0 Å². The van der Waals surface area contributed by atoms with Crippen molar-refractivity contribution in [2.75, 3.05) is 20.8 Å². The molecule has 2 rings (SSSR count). The summed E-state index contributed by atoms with van der Waals surface area (Å²) in [5.74, 6) is 1.42. The van der Waals surface area contributed by atoms with E-state index in [9.17, 15) is 0 Å². The minimum Gasteiger partial charge on any atom is -0.383 e. The first-order chi connectivity index (χ1) is 9.81. The van der Waals surface area contributed by atoms with Gasteiger partial charge in [0.25, 0.3) is 0 Å². The van der Waals surface area contributed by atoms with Crippen molar-refractivity contribution in [2.24, 2.45) is 0 Å². The van der Waals surface area contributed by atoms with Gasteiger partial charge in [0.05, 0.1) is 6.61 Å². The number of hydrogen-bond acceptors (Lipinski definition) is 5. The second kappa shape index (κ2) is 7.77. The zero-order valence-electron chi connectivity index (χ0n) is 12.0. The van der Waals surface area contributed by atoms with Gasteiger partial charge in [0.2, 0.25) is 5.89 Å². The molecule has 108 valence electrons. The number of hydrogen-bond donors (Lipinski definition) is 1. The number of rotatable bonds is 8. The van der Waals surface area contributed by atoms with Crippen LogP contribution in [0.25, 0.3) is 0 Å². The van der Waals surface area contributed by atoms with Gasteiger partial charge in [0, 0.05) is 26.0 Å². The van der Waals surface area contributed by atoms with Gasteiger partial charge in [-0.15, -0.1) is 0 Å². The highest BCUT2D eigenvalue weighted by atomic mass is 16.5. The predicted octanol–water partition coefficient (Wildman–Crippen LogP) is 1.63. The second-order valence-corrected chi connectivity index (χ2v) is 4.74. The Balaban J connectivity index is 1.85. The third kappa shape index (κ3) is 4.43. The molecule has 0 fully saturated rings. The minimum atomic E-state index is 0.197. The third-order valence-electron chi connectivity index (χ3n) is 3.19. The fourth-order valence-corrected chi connectivity index (χ4v) is 2.03. The highest BCUT2D eigenvalue weighted by Crippen LogP contribution is 2.06. The molecule has 1 atom stereocenters. The number of aryl methyl sites for hydroxylation is 2. The number of nitrogens with one attached hydrogen (secondary N) is 1. The Kier molecular flexibility index (Phi) is 5.70. The predicted molar refractivity (Wildman–Crippen MR) is 76.6 cm³/mol. The summed E-state index contributed by atoms with van der Waals surface area (Å²) >= 11 is 0. The van der Waals surface area contributed by atoms with Crippen LogP contribution in [0.15, 0.2) is 34.9 Å². The van der Waals surface area contributed by atoms with E-state index < -0.39 is 0 Å². The van der Waals surface area contributed by atoms with Crippen LogP contribution in [0, 0.1) is 0 Å². The van der Waals surface area contributed by atoms with Crippen LogP contribution in [0.3, 0.4) is 0 Å². The Hall–Kier alpha value is -1.72. The lowest BCUT2D eigenvalue weighted by atomic mass is 10.1. The molecule has 0 amide bonds. The number of aromatic nitrogens is 2. The molecule has 0 aliphatic carbocycles. The molecule has 0 saturated heterocycles. The lowest BCUT2D eigenvalue weighted by Gasteiger charge is -2.11. The van der Waals surface area contributed by atoms with Crippen LogP contribution in [0.4, 0.5) is 0 Å². The van der Waals surface area contributed by atoms with Crippen molar-refractivity contribution in [3.63, 3.8) is 0 Å². The minimum absolute atomic E-state index is 0.197.